The first-order valence-electron chi connectivity index (χ1n) is 4.81. The summed E-state index contributed by atoms with van der Waals surface area (Å²) in [6, 6.07) is 3.87. The number of fused-ring (bicyclic) bond motifs is 1. The molecule has 1 atom stereocenters. The van der Waals surface area contributed by atoms with Gasteiger partial charge in [0, 0.05) is 12.8 Å². The first-order valence-corrected chi connectivity index (χ1v) is 4.81. The zero-order valence-electron chi connectivity index (χ0n) is 7.76. The van der Waals surface area contributed by atoms with E-state index < -0.39 is 0 Å². The maximum absolute atomic E-state index is 5.38. The van der Waals surface area contributed by atoms with Crippen LogP contribution in [-0.2, 0) is 11.3 Å². The van der Waals surface area contributed by atoms with Crippen molar-refractivity contribution in [2.75, 3.05) is 6.61 Å². The lowest BCUT2D eigenvalue weighted by atomic mass is 10.2. The van der Waals surface area contributed by atoms with Crippen molar-refractivity contribution < 1.29 is 4.74 Å². The van der Waals surface area contributed by atoms with Crippen LogP contribution in [0.1, 0.15) is 6.42 Å². The second-order valence-corrected chi connectivity index (χ2v) is 3.52. The van der Waals surface area contributed by atoms with Crippen molar-refractivity contribution in [3.63, 3.8) is 0 Å². The van der Waals surface area contributed by atoms with E-state index in [1.807, 2.05) is 18.5 Å². The largest absolute Gasteiger partial charge is 0.376 e. The molecule has 72 valence electrons. The fraction of sp³-hybridized carbons (Fsp3) is 0.400. The van der Waals surface area contributed by atoms with Gasteiger partial charge in [-0.2, -0.15) is 0 Å². The molecule has 4 nitrogen and oxygen atoms in total. The number of hydrogen-bond donors (Lipinski definition) is 0. The van der Waals surface area contributed by atoms with Crippen LogP contribution in [0.5, 0.6) is 0 Å². The molecule has 0 saturated carbocycles. The van der Waals surface area contributed by atoms with Crippen LogP contribution < -0.4 is 0 Å². The Balaban J connectivity index is 1.95. The van der Waals surface area contributed by atoms with E-state index in [-0.39, 0.29) is 0 Å². The van der Waals surface area contributed by atoms with Crippen molar-refractivity contribution in [2.24, 2.45) is 0 Å². The summed E-state index contributed by atoms with van der Waals surface area (Å²) < 4.78 is 7.43. The van der Waals surface area contributed by atoms with Crippen LogP contribution in [0.25, 0.3) is 11.2 Å². The Hall–Kier alpha value is -1.42. The molecule has 0 amide bonds. The molecule has 4 heteroatoms. The molecule has 1 aliphatic rings. The Morgan fingerprint density at radius 1 is 1.50 bits per heavy atom. The van der Waals surface area contributed by atoms with Crippen LogP contribution in [0.2, 0.25) is 0 Å². The maximum atomic E-state index is 5.38. The first kappa shape index (κ1) is 7.94. The smallest absolute Gasteiger partial charge is 0.159 e. The molecule has 3 heterocycles. The molecular weight excluding hydrogens is 178 g/mol. The topological polar surface area (TPSA) is 39.9 Å². The highest BCUT2D eigenvalue weighted by atomic mass is 16.5. The Morgan fingerprint density at radius 3 is 3.21 bits per heavy atom. The fourth-order valence-electron chi connectivity index (χ4n) is 1.68. The zero-order chi connectivity index (χ0) is 9.38. The van der Waals surface area contributed by atoms with Crippen molar-refractivity contribution in [1.29, 1.82) is 0 Å². The van der Waals surface area contributed by atoms with E-state index in [2.05, 4.69) is 14.5 Å². The summed E-state index contributed by atoms with van der Waals surface area (Å²) in [7, 11) is 0. The predicted octanol–water partition coefficient (Wildman–Crippen LogP) is 1.22. The van der Waals surface area contributed by atoms with Gasteiger partial charge in [0.25, 0.3) is 0 Å². The van der Waals surface area contributed by atoms with Crippen LogP contribution in [0, 0.1) is 0 Å². The van der Waals surface area contributed by atoms with Gasteiger partial charge in [-0.3, -0.25) is 0 Å². The third-order valence-corrected chi connectivity index (χ3v) is 2.57. The molecule has 0 unspecified atom stereocenters. The van der Waals surface area contributed by atoms with Gasteiger partial charge in [-0.1, -0.05) is 0 Å². The average Bonchev–Trinajstić information content (AvgIpc) is 2.55. The molecule has 1 saturated heterocycles. The Bertz CT molecular complexity index is 447. The summed E-state index contributed by atoms with van der Waals surface area (Å²) in [4.78, 5) is 8.57. The standard InChI is InChI=1S/C10H11N3O/c1-2-9-10(11-4-1)13(7-12-9)6-8-3-5-14-8/h1-2,4,7-8H,3,5-6H2/t8-/m0/s1. The summed E-state index contributed by atoms with van der Waals surface area (Å²) in [6.07, 6.45) is 5.13. The molecule has 0 spiro atoms. The van der Waals surface area contributed by atoms with Crippen LogP contribution in [0.4, 0.5) is 0 Å². The minimum Gasteiger partial charge on any atom is -0.376 e. The van der Waals surface area contributed by atoms with Crippen molar-refractivity contribution >= 4 is 11.2 Å². The van der Waals surface area contributed by atoms with Crippen LogP contribution in [-0.4, -0.2) is 27.2 Å². The highest BCUT2D eigenvalue weighted by Gasteiger charge is 2.19. The number of pyridine rings is 1. The monoisotopic (exact) mass is 189 g/mol. The Labute approximate surface area is 81.5 Å². The summed E-state index contributed by atoms with van der Waals surface area (Å²) in [6.45, 7) is 1.76. The number of imidazole rings is 1. The molecule has 2 aromatic heterocycles. The summed E-state index contributed by atoms with van der Waals surface area (Å²) >= 11 is 0. The lowest BCUT2D eigenvalue weighted by Gasteiger charge is -2.26. The number of rotatable bonds is 2. The van der Waals surface area contributed by atoms with E-state index in [0.29, 0.717) is 6.10 Å². The number of hydrogen-bond acceptors (Lipinski definition) is 3. The summed E-state index contributed by atoms with van der Waals surface area (Å²) in [5.74, 6) is 0. The fourth-order valence-corrected chi connectivity index (χ4v) is 1.68. The Morgan fingerprint density at radius 2 is 2.43 bits per heavy atom. The van der Waals surface area contributed by atoms with Gasteiger partial charge in [0.2, 0.25) is 0 Å². The van der Waals surface area contributed by atoms with E-state index in [1.165, 1.54) is 0 Å². The minimum atomic E-state index is 0.356. The number of aromatic nitrogens is 3. The Kier molecular flexibility index (Phi) is 1.73. The van der Waals surface area contributed by atoms with Gasteiger partial charge in [-0.05, 0) is 18.6 Å². The number of nitrogens with zero attached hydrogens (tertiary/aromatic N) is 3. The van der Waals surface area contributed by atoms with Gasteiger partial charge < -0.3 is 9.30 Å². The number of ether oxygens (including phenoxy) is 1. The van der Waals surface area contributed by atoms with E-state index in [9.17, 15) is 0 Å². The van der Waals surface area contributed by atoms with Gasteiger partial charge in [0.15, 0.2) is 5.65 Å². The minimum absolute atomic E-state index is 0.356. The van der Waals surface area contributed by atoms with Gasteiger partial charge in [0.1, 0.15) is 5.52 Å². The lowest BCUT2D eigenvalue weighted by Crippen LogP contribution is -2.31. The van der Waals surface area contributed by atoms with E-state index in [1.54, 1.807) is 6.20 Å². The quantitative estimate of drug-likeness (QED) is 0.713. The molecule has 2 aromatic rings. The molecule has 1 fully saturated rings. The van der Waals surface area contributed by atoms with Gasteiger partial charge in [-0.25, -0.2) is 9.97 Å². The lowest BCUT2D eigenvalue weighted by molar-refractivity contribution is -0.0587. The van der Waals surface area contributed by atoms with Gasteiger partial charge in [0.05, 0.1) is 19.0 Å². The van der Waals surface area contributed by atoms with E-state index >= 15 is 0 Å². The summed E-state index contributed by atoms with van der Waals surface area (Å²) in [5, 5.41) is 0. The second kappa shape index (κ2) is 3.06. The highest BCUT2D eigenvalue weighted by Crippen LogP contribution is 2.16. The molecule has 14 heavy (non-hydrogen) atoms. The van der Waals surface area contributed by atoms with E-state index in [4.69, 9.17) is 4.74 Å². The van der Waals surface area contributed by atoms with Crippen molar-refractivity contribution in [3.8, 4) is 0 Å². The molecule has 0 aliphatic carbocycles. The maximum Gasteiger partial charge on any atom is 0.159 e. The van der Waals surface area contributed by atoms with Crippen LogP contribution in [0.15, 0.2) is 24.7 Å². The van der Waals surface area contributed by atoms with Gasteiger partial charge >= 0.3 is 0 Å². The predicted molar refractivity (Wildman–Crippen MR) is 51.9 cm³/mol. The van der Waals surface area contributed by atoms with E-state index in [0.717, 1.165) is 30.7 Å². The van der Waals surface area contributed by atoms with Crippen LogP contribution in [0.3, 0.4) is 0 Å². The average molecular weight is 189 g/mol. The summed E-state index contributed by atoms with van der Waals surface area (Å²) in [5.41, 5.74) is 1.90. The molecule has 0 N–H and O–H groups in total. The van der Waals surface area contributed by atoms with Crippen molar-refractivity contribution in [3.05, 3.63) is 24.7 Å². The molecule has 0 radical (unpaired) electrons. The van der Waals surface area contributed by atoms with Crippen molar-refractivity contribution in [1.82, 2.24) is 14.5 Å². The van der Waals surface area contributed by atoms with Gasteiger partial charge in [-0.15, -0.1) is 0 Å². The first-order chi connectivity index (χ1) is 6.93. The van der Waals surface area contributed by atoms with Crippen molar-refractivity contribution in [2.45, 2.75) is 19.1 Å². The third-order valence-electron chi connectivity index (χ3n) is 2.57. The molecule has 3 rings (SSSR count). The molecule has 1 aliphatic heterocycles. The molecule has 0 bridgehead atoms. The SMILES string of the molecule is c1cnc2c(c1)ncn2C[C@@H]1CCO1. The second-order valence-electron chi connectivity index (χ2n) is 3.52. The highest BCUT2D eigenvalue weighted by molar-refractivity contribution is 5.69. The zero-order valence-corrected chi connectivity index (χ0v) is 7.76. The molecular formula is C10H11N3O. The normalized spacial score (nSPS) is 21.0. The molecule has 0 aromatic carbocycles. The van der Waals surface area contributed by atoms with Crippen LogP contribution >= 0.6 is 0 Å². The third kappa shape index (κ3) is 1.19.